The number of carbonyl (C=O) groups is 1. The number of halogens is 4. The van der Waals surface area contributed by atoms with Gasteiger partial charge >= 0.3 is 6.18 Å². The van der Waals surface area contributed by atoms with Crippen LogP contribution in [0.2, 0.25) is 0 Å². The van der Waals surface area contributed by atoms with Crippen LogP contribution in [0.1, 0.15) is 36.8 Å². The number of pyridine rings is 1. The Balaban J connectivity index is 1.48. The van der Waals surface area contributed by atoms with Crippen LogP contribution in [0.15, 0.2) is 47.1 Å². The third kappa shape index (κ3) is 4.27. The van der Waals surface area contributed by atoms with Crippen LogP contribution >= 0.6 is 15.9 Å². The summed E-state index contributed by atoms with van der Waals surface area (Å²) in [5.74, 6) is -0.550. The van der Waals surface area contributed by atoms with Crippen molar-refractivity contribution in [3.8, 4) is 0 Å². The first-order valence-corrected chi connectivity index (χ1v) is 10.4. The van der Waals surface area contributed by atoms with E-state index in [2.05, 4.69) is 26.2 Å². The molecule has 2 heterocycles. The van der Waals surface area contributed by atoms with E-state index in [1.165, 1.54) is 12.3 Å². The summed E-state index contributed by atoms with van der Waals surface area (Å²) >= 11 is 3.42. The number of rotatable bonds is 4. The van der Waals surface area contributed by atoms with Gasteiger partial charge in [0.15, 0.2) is 0 Å². The summed E-state index contributed by atoms with van der Waals surface area (Å²) in [5.41, 5.74) is -0.0391. The molecule has 8 heteroatoms. The lowest BCUT2D eigenvalue weighted by molar-refractivity contribution is -0.137. The molecule has 0 bridgehead atoms. The molecule has 2 aliphatic rings. The maximum Gasteiger partial charge on any atom is 0.419 e. The Labute approximate surface area is 175 Å². The fourth-order valence-electron chi connectivity index (χ4n) is 3.97. The van der Waals surface area contributed by atoms with Gasteiger partial charge in [0.25, 0.3) is 0 Å². The number of benzene rings is 1. The molecule has 0 spiro atoms. The summed E-state index contributed by atoms with van der Waals surface area (Å²) in [6.07, 6.45) is -0.0614. The minimum absolute atomic E-state index is 0.0912. The summed E-state index contributed by atoms with van der Waals surface area (Å²) in [4.78, 5) is 18.5. The maximum absolute atomic E-state index is 13.4. The second kappa shape index (κ2) is 7.63. The van der Waals surface area contributed by atoms with Crippen molar-refractivity contribution in [1.29, 1.82) is 0 Å². The van der Waals surface area contributed by atoms with E-state index in [9.17, 15) is 18.0 Å². The van der Waals surface area contributed by atoms with Crippen molar-refractivity contribution < 1.29 is 18.0 Å². The Hall–Kier alpha value is -2.09. The van der Waals surface area contributed by atoms with Crippen LogP contribution in [0, 0.1) is 5.92 Å². The number of anilines is 1. The number of nitrogens with zero attached hydrogens (tertiary/aromatic N) is 2. The SMILES string of the molecule is O=C(NC1(c2ccc(Br)cc2)CC1)C1CCCN(c2ncccc2C(F)(F)F)C1. The van der Waals surface area contributed by atoms with Gasteiger partial charge in [-0.25, -0.2) is 4.98 Å². The van der Waals surface area contributed by atoms with Crippen LogP contribution in [0.3, 0.4) is 0 Å². The average Bonchev–Trinajstić information content (AvgIpc) is 3.48. The van der Waals surface area contributed by atoms with Gasteiger partial charge in [-0.05, 0) is 55.5 Å². The molecule has 1 saturated heterocycles. The summed E-state index contributed by atoms with van der Waals surface area (Å²) in [5, 5.41) is 3.17. The Morgan fingerprint density at radius 1 is 1.21 bits per heavy atom. The molecule has 4 nitrogen and oxygen atoms in total. The lowest BCUT2D eigenvalue weighted by Gasteiger charge is -2.35. The van der Waals surface area contributed by atoms with E-state index in [1.54, 1.807) is 4.90 Å². The molecule has 1 N–H and O–H groups in total. The van der Waals surface area contributed by atoms with Crippen LogP contribution in [0.5, 0.6) is 0 Å². The second-order valence-electron chi connectivity index (χ2n) is 7.74. The van der Waals surface area contributed by atoms with E-state index < -0.39 is 11.7 Å². The highest BCUT2D eigenvalue weighted by atomic mass is 79.9. The van der Waals surface area contributed by atoms with Crippen molar-refractivity contribution >= 4 is 27.7 Å². The average molecular weight is 468 g/mol. The minimum atomic E-state index is -4.47. The maximum atomic E-state index is 13.4. The van der Waals surface area contributed by atoms with Gasteiger partial charge in [-0.1, -0.05) is 28.1 Å². The van der Waals surface area contributed by atoms with Crippen LogP contribution in [-0.4, -0.2) is 24.0 Å². The van der Waals surface area contributed by atoms with E-state index in [0.717, 1.165) is 28.9 Å². The quantitative estimate of drug-likeness (QED) is 0.696. The molecular weight excluding hydrogens is 447 g/mol. The fourth-order valence-corrected chi connectivity index (χ4v) is 4.24. The Morgan fingerprint density at radius 2 is 1.93 bits per heavy atom. The molecular formula is C21H21BrF3N3O. The first kappa shape index (κ1) is 20.2. The summed E-state index contributed by atoms with van der Waals surface area (Å²) in [6, 6.07) is 10.2. The highest BCUT2D eigenvalue weighted by molar-refractivity contribution is 9.10. The molecule has 2 fully saturated rings. The number of hydrogen-bond donors (Lipinski definition) is 1. The first-order valence-electron chi connectivity index (χ1n) is 9.64. The Bertz CT molecular complexity index is 897. The molecule has 1 amide bonds. The smallest absolute Gasteiger partial charge is 0.355 e. The molecule has 0 radical (unpaired) electrons. The predicted octanol–water partition coefficient (Wildman–Crippen LogP) is 4.88. The number of amides is 1. The van der Waals surface area contributed by atoms with E-state index in [4.69, 9.17) is 0 Å². The fraction of sp³-hybridized carbons (Fsp3) is 0.429. The van der Waals surface area contributed by atoms with Crippen molar-refractivity contribution in [2.75, 3.05) is 18.0 Å². The number of alkyl halides is 3. The number of piperidine rings is 1. The van der Waals surface area contributed by atoms with E-state index in [-0.39, 0.29) is 29.7 Å². The topological polar surface area (TPSA) is 45.2 Å². The second-order valence-corrected chi connectivity index (χ2v) is 8.65. The zero-order valence-electron chi connectivity index (χ0n) is 15.7. The molecule has 1 aliphatic carbocycles. The Morgan fingerprint density at radius 3 is 2.59 bits per heavy atom. The van der Waals surface area contributed by atoms with Crippen molar-refractivity contribution in [2.24, 2.45) is 5.92 Å². The molecule has 1 saturated carbocycles. The molecule has 1 atom stereocenters. The molecule has 1 aliphatic heterocycles. The van der Waals surface area contributed by atoms with Gasteiger partial charge in [-0.15, -0.1) is 0 Å². The Kier molecular flexibility index (Phi) is 5.31. The van der Waals surface area contributed by atoms with Crippen LogP contribution in [-0.2, 0) is 16.5 Å². The lowest BCUT2D eigenvalue weighted by Crippen LogP contribution is -2.46. The number of nitrogens with one attached hydrogen (secondary N) is 1. The zero-order valence-corrected chi connectivity index (χ0v) is 17.3. The summed E-state index contributed by atoms with van der Waals surface area (Å²) in [6.45, 7) is 0.698. The lowest BCUT2D eigenvalue weighted by atomic mass is 9.95. The molecule has 1 unspecified atom stereocenters. The molecule has 29 heavy (non-hydrogen) atoms. The third-order valence-electron chi connectivity index (χ3n) is 5.69. The summed E-state index contributed by atoms with van der Waals surface area (Å²) in [7, 11) is 0. The number of aromatic nitrogens is 1. The van der Waals surface area contributed by atoms with Gasteiger partial charge in [0.1, 0.15) is 5.82 Å². The van der Waals surface area contributed by atoms with Crippen LogP contribution in [0.4, 0.5) is 19.0 Å². The highest BCUT2D eigenvalue weighted by Crippen LogP contribution is 2.46. The molecule has 1 aromatic heterocycles. The third-order valence-corrected chi connectivity index (χ3v) is 6.22. The minimum Gasteiger partial charge on any atom is -0.355 e. The molecule has 1 aromatic carbocycles. The normalized spacial score (nSPS) is 21.0. The van der Waals surface area contributed by atoms with Gasteiger partial charge < -0.3 is 10.2 Å². The summed E-state index contributed by atoms with van der Waals surface area (Å²) < 4.78 is 41.0. The van der Waals surface area contributed by atoms with Gasteiger partial charge in [0.05, 0.1) is 17.0 Å². The van der Waals surface area contributed by atoms with Crippen molar-refractivity contribution in [1.82, 2.24) is 10.3 Å². The van der Waals surface area contributed by atoms with Gasteiger partial charge in [0, 0.05) is 23.8 Å². The van der Waals surface area contributed by atoms with Crippen molar-refractivity contribution in [2.45, 2.75) is 37.4 Å². The number of carbonyl (C=O) groups excluding carboxylic acids is 1. The van der Waals surface area contributed by atoms with Gasteiger partial charge in [-0.3, -0.25) is 4.79 Å². The largest absolute Gasteiger partial charge is 0.419 e. The standard InChI is InChI=1S/C21H21BrF3N3O/c22-16-7-5-15(6-8-16)20(9-10-20)27-19(29)14-3-2-12-28(13-14)18-17(21(23,24)25)4-1-11-26-18/h1,4-8,11,14H,2-3,9-10,12-13H2,(H,27,29). The van der Waals surface area contributed by atoms with Gasteiger partial charge in [0.2, 0.25) is 5.91 Å². The van der Waals surface area contributed by atoms with Crippen LogP contribution < -0.4 is 10.2 Å². The molecule has 154 valence electrons. The van der Waals surface area contributed by atoms with Crippen molar-refractivity contribution in [3.05, 3.63) is 58.2 Å². The highest BCUT2D eigenvalue weighted by Gasteiger charge is 2.47. The van der Waals surface area contributed by atoms with E-state index in [1.807, 2.05) is 24.3 Å². The van der Waals surface area contributed by atoms with Gasteiger partial charge in [-0.2, -0.15) is 13.2 Å². The predicted molar refractivity (Wildman–Crippen MR) is 107 cm³/mol. The van der Waals surface area contributed by atoms with E-state index >= 15 is 0 Å². The number of hydrogen-bond acceptors (Lipinski definition) is 3. The first-order chi connectivity index (χ1) is 13.8. The zero-order chi connectivity index (χ0) is 20.6. The molecule has 4 rings (SSSR count). The van der Waals surface area contributed by atoms with Crippen molar-refractivity contribution in [3.63, 3.8) is 0 Å². The van der Waals surface area contributed by atoms with Crippen LogP contribution in [0.25, 0.3) is 0 Å². The molecule has 2 aromatic rings. The van der Waals surface area contributed by atoms with E-state index in [0.29, 0.717) is 19.4 Å². The monoisotopic (exact) mass is 467 g/mol.